The first kappa shape index (κ1) is 8.62. The lowest BCUT2D eigenvalue weighted by Crippen LogP contribution is -1.93. The van der Waals surface area contributed by atoms with Gasteiger partial charge in [-0.3, -0.25) is 15.1 Å². The first-order chi connectivity index (χ1) is 6.70. The molecule has 0 N–H and O–H groups in total. The second-order valence-corrected chi connectivity index (χ2v) is 3.08. The number of fused-ring (bicyclic) bond motifs is 1. The minimum Gasteiger partial charge on any atom is -0.264 e. The maximum absolute atomic E-state index is 10.8. The van der Waals surface area contributed by atoms with E-state index >= 15 is 0 Å². The monoisotopic (exact) mass is 188 g/mol. The largest absolute Gasteiger partial charge is 0.281 e. The summed E-state index contributed by atoms with van der Waals surface area (Å²) in [5, 5.41) is 12.3. The van der Waals surface area contributed by atoms with Gasteiger partial charge in [-0.2, -0.15) is 0 Å². The van der Waals surface area contributed by atoms with E-state index < -0.39 is 0 Å². The van der Waals surface area contributed by atoms with Crippen molar-refractivity contribution < 1.29 is 4.92 Å². The summed E-state index contributed by atoms with van der Waals surface area (Å²) in [6.45, 7) is 1.73. The molecule has 0 saturated carbocycles. The van der Waals surface area contributed by atoms with Gasteiger partial charge in [-0.15, -0.1) is 0 Å². The topological polar surface area (TPSA) is 56.0 Å². The molecule has 1 aromatic heterocycles. The van der Waals surface area contributed by atoms with Crippen LogP contribution in [0.2, 0.25) is 0 Å². The Morgan fingerprint density at radius 3 is 2.86 bits per heavy atom. The summed E-state index contributed by atoms with van der Waals surface area (Å²) in [6, 6.07) is 5.38. The highest BCUT2D eigenvalue weighted by Crippen LogP contribution is 2.27. The molecule has 70 valence electrons. The molecule has 0 unspecified atom stereocenters. The highest BCUT2D eigenvalue weighted by atomic mass is 16.6. The van der Waals surface area contributed by atoms with Crippen molar-refractivity contribution in [3.63, 3.8) is 0 Å². The van der Waals surface area contributed by atoms with Crippen LogP contribution < -0.4 is 0 Å². The van der Waals surface area contributed by atoms with Gasteiger partial charge in [0.05, 0.1) is 10.3 Å². The summed E-state index contributed by atoms with van der Waals surface area (Å²) in [7, 11) is 0. The Kier molecular flexibility index (Phi) is 1.89. The summed E-state index contributed by atoms with van der Waals surface area (Å²) in [5.74, 6) is 0. The zero-order chi connectivity index (χ0) is 10.1. The molecule has 0 aliphatic heterocycles. The minimum absolute atomic E-state index is 0.149. The van der Waals surface area contributed by atoms with E-state index in [1.165, 1.54) is 6.20 Å². The van der Waals surface area contributed by atoms with E-state index in [4.69, 9.17) is 0 Å². The van der Waals surface area contributed by atoms with Crippen LogP contribution >= 0.6 is 0 Å². The lowest BCUT2D eigenvalue weighted by atomic mass is 10.1. The van der Waals surface area contributed by atoms with Gasteiger partial charge in [0.1, 0.15) is 0 Å². The van der Waals surface area contributed by atoms with E-state index in [2.05, 4.69) is 4.98 Å². The molecule has 1 aromatic carbocycles. The van der Waals surface area contributed by atoms with E-state index in [9.17, 15) is 10.1 Å². The third-order valence-electron chi connectivity index (χ3n) is 2.18. The van der Waals surface area contributed by atoms with Crippen molar-refractivity contribution in [1.29, 1.82) is 0 Å². The van der Waals surface area contributed by atoms with Crippen LogP contribution in [0.1, 0.15) is 5.56 Å². The van der Waals surface area contributed by atoms with E-state index in [1.807, 2.05) is 6.07 Å². The number of aromatic nitrogens is 1. The Morgan fingerprint density at radius 1 is 1.36 bits per heavy atom. The third kappa shape index (κ3) is 1.21. The van der Waals surface area contributed by atoms with Crippen molar-refractivity contribution in [1.82, 2.24) is 4.98 Å². The number of nitro groups is 1. The van der Waals surface area contributed by atoms with E-state index in [-0.39, 0.29) is 10.6 Å². The van der Waals surface area contributed by atoms with Crippen LogP contribution in [0.15, 0.2) is 30.6 Å². The Hall–Kier alpha value is -1.97. The Morgan fingerprint density at radius 2 is 2.14 bits per heavy atom. The van der Waals surface area contributed by atoms with Crippen LogP contribution in [-0.2, 0) is 0 Å². The van der Waals surface area contributed by atoms with Gasteiger partial charge in [0.2, 0.25) is 0 Å². The summed E-state index contributed by atoms with van der Waals surface area (Å²) in [6.07, 6.45) is 3.15. The standard InChI is InChI=1S/C10H8N2O2/c1-7-2-3-8-4-5-11-6-9(8)10(7)12(13)14/h2-6H,1H3. The van der Waals surface area contributed by atoms with Gasteiger partial charge in [0.25, 0.3) is 5.69 Å². The van der Waals surface area contributed by atoms with Crippen molar-refractivity contribution in [2.45, 2.75) is 6.92 Å². The van der Waals surface area contributed by atoms with Crippen LogP contribution in [0.4, 0.5) is 5.69 Å². The van der Waals surface area contributed by atoms with Crippen molar-refractivity contribution >= 4 is 16.5 Å². The molecule has 0 amide bonds. The molecule has 14 heavy (non-hydrogen) atoms. The molecular formula is C10H8N2O2. The number of nitrogens with zero attached hydrogens (tertiary/aromatic N) is 2. The predicted octanol–water partition coefficient (Wildman–Crippen LogP) is 2.45. The highest BCUT2D eigenvalue weighted by Gasteiger charge is 2.14. The summed E-state index contributed by atoms with van der Waals surface area (Å²) < 4.78 is 0. The van der Waals surface area contributed by atoms with Gasteiger partial charge in [-0.1, -0.05) is 12.1 Å². The zero-order valence-corrected chi connectivity index (χ0v) is 7.60. The fourth-order valence-electron chi connectivity index (χ4n) is 1.50. The average molecular weight is 188 g/mol. The van der Waals surface area contributed by atoms with E-state index in [0.29, 0.717) is 10.9 Å². The fourth-order valence-corrected chi connectivity index (χ4v) is 1.50. The number of benzene rings is 1. The number of hydrogen-bond donors (Lipinski definition) is 0. The van der Waals surface area contributed by atoms with Gasteiger partial charge >= 0.3 is 0 Å². The number of pyridine rings is 1. The number of aryl methyl sites for hydroxylation is 1. The molecular weight excluding hydrogens is 180 g/mol. The molecule has 0 atom stereocenters. The molecule has 0 saturated heterocycles. The molecule has 0 aliphatic rings. The predicted molar refractivity (Wildman–Crippen MR) is 53.1 cm³/mol. The van der Waals surface area contributed by atoms with E-state index in [0.717, 1.165) is 5.39 Å². The van der Waals surface area contributed by atoms with Gasteiger partial charge in [-0.05, 0) is 18.4 Å². The normalized spacial score (nSPS) is 10.4. The second-order valence-electron chi connectivity index (χ2n) is 3.08. The van der Waals surface area contributed by atoms with Gasteiger partial charge in [0, 0.05) is 18.0 Å². The van der Waals surface area contributed by atoms with Crippen molar-refractivity contribution in [2.75, 3.05) is 0 Å². The van der Waals surface area contributed by atoms with Crippen LogP contribution in [0.5, 0.6) is 0 Å². The first-order valence-electron chi connectivity index (χ1n) is 4.18. The lowest BCUT2D eigenvalue weighted by molar-refractivity contribution is -0.383. The van der Waals surface area contributed by atoms with E-state index in [1.54, 1.807) is 25.3 Å². The molecule has 0 fully saturated rings. The molecule has 0 bridgehead atoms. The summed E-state index contributed by atoms with van der Waals surface area (Å²) in [5.41, 5.74) is 0.811. The zero-order valence-electron chi connectivity index (χ0n) is 7.60. The smallest absolute Gasteiger partial charge is 0.264 e. The molecule has 4 heteroatoms. The maximum Gasteiger partial charge on any atom is 0.281 e. The number of nitro benzene ring substituents is 1. The Labute approximate surface area is 80.4 Å². The van der Waals surface area contributed by atoms with Crippen LogP contribution in [0, 0.1) is 17.0 Å². The minimum atomic E-state index is -0.362. The van der Waals surface area contributed by atoms with Gasteiger partial charge < -0.3 is 0 Å². The maximum atomic E-state index is 10.8. The molecule has 0 radical (unpaired) electrons. The SMILES string of the molecule is Cc1ccc2ccncc2c1[N+](=O)[O-]. The molecule has 0 spiro atoms. The summed E-state index contributed by atoms with van der Waals surface area (Å²) in [4.78, 5) is 14.3. The van der Waals surface area contributed by atoms with Gasteiger partial charge in [0.15, 0.2) is 0 Å². The van der Waals surface area contributed by atoms with Crippen molar-refractivity contribution in [2.24, 2.45) is 0 Å². The third-order valence-corrected chi connectivity index (χ3v) is 2.18. The van der Waals surface area contributed by atoms with Gasteiger partial charge in [-0.25, -0.2) is 0 Å². The summed E-state index contributed by atoms with van der Waals surface area (Å²) >= 11 is 0. The average Bonchev–Trinajstić information content (AvgIpc) is 2.17. The Bertz CT molecular complexity index is 508. The van der Waals surface area contributed by atoms with Crippen LogP contribution in [0.3, 0.4) is 0 Å². The first-order valence-corrected chi connectivity index (χ1v) is 4.18. The molecule has 2 rings (SSSR count). The fraction of sp³-hybridized carbons (Fsp3) is 0.100. The molecule has 0 aliphatic carbocycles. The molecule has 4 nitrogen and oxygen atoms in total. The van der Waals surface area contributed by atoms with Crippen molar-refractivity contribution in [3.05, 3.63) is 46.3 Å². The van der Waals surface area contributed by atoms with Crippen LogP contribution in [0.25, 0.3) is 10.8 Å². The number of hydrogen-bond acceptors (Lipinski definition) is 3. The quantitative estimate of drug-likeness (QED) is 0.510. The molecule has 1 heterocycles. The Balaban J connectivity index is 2.90. The highest BCUT2D eigenvalue weighted by molar-refractivity contribution is 5.91. The lowest BCUT2D eigenvalue weighted by Gasteiger charge is -2.00. The second kappa shape index (κ2) is 3.06. The number of rotatable bonds is 1. The molecule has 2 aromatic rings. The van der Waals surface area contributed by atoms with Crippen LogP contribution in [-0.4, -0.2) is 9.91 Å². The van der Waals surface area contributed by atoms with Crippen molar-refractivity contribution in [3.8, 4) is 0 Å².